The molecule has 19 heteroatoms. The number of nitrogens with zero attached hydrogens (tertiary/aromatic N) is 1. The molecule has 338 valence electrons. The van der Waals surface area contributed by atoms with Crippen molar-refractivity contribution in [3.8, 4) is 0 Å². The Morgan fingerprint density at radius 3 is 1.75 bits per heavy atom. The summed E-state index contributed by atoms with van der Waals surface area (Å²) < 4.78 is 21.3. The summed E-state index contributed by atoms with van der Waals surface area (Å²) in [7, 11) is 0. The third-order valence-corrected chi connectivity index (χ3v) is 11.2. The van der Waals surface area contributed by atoms with Gasteiger partial charge in [0.1, 0.15) is 38.6 Å². The van der Waals surface area contributed by atoms with E-state index in [9.17, 15) is 69.0 Å². The molecule has 0 saturated carbocycles. The van der Waals surface area contributed by atoms with Gasteiger partial charge in [-0.15, -0.1) is 0 Å². The van der Waals surface area contributed by atoms with Crippen molar-refractivity contribution in [1.29, 1.82) is 0 Å². The average Bonchev–Trinajstić information content (AvgIpc) is 3.56. The highest BCUT2D eigenvalue weighted by atomic mass is 16.6. The molecule has 0 aliphatic carbocycles. The summed E-state index contributed by atoms with van der Waals surface area (Å²) in [6.07, 6.45) is -2.54. The van der Waals surface area contributed by atoms with Gasteiger partial charge < -0.3 is 54.5 Å². The number of carboxylic acids is 3. The summed E-state index contributed by atoms with van der Waals surface area (Å²) in [4.78, 5) is 103. The third-order valence-electron chi connectivity index (χ3n) is 11.2. The van der Waals surface area contributed by atoms with E-state index in [1.807, 2.05) is 0 Å². The van der Waals surface area contributed by atoms with Crippen molar-refractivity contribution in [2.45, 2.75) is 113 Å². The van der Waals surface area contributed by atoms with Crippen molar-refractivity contribution in [2.24, 2.45) is 45.3 Å². The van der Waals surface area contributed by atoms with E-state index < -0.39 is 132 Å². The summed E-state index contributed by atoms with van der Waals surface area (Å²) >= 11 is 0. The van der Waals surface area contributed by atoms with E-state index in [0.29, 0.717) is 19.4 Å². The van der Waals surface area contributed by atoms with Crippen LogP contribution in [0.4, 0.5) is 0 Å². The first-order chi connectivity index (χ1) is 27.1. The number of esters is 4. The van der Waals surface area contributed by atoms with Crippen LogP contribution in [-0.2, 0) is 57.3 Å². The maximum absolute atomic E-state index is 13.6. The Morgan fingerprint density at radius 2 is 1.25 bits per heavy atom. The second-order valence-corrected chi connectivity index (χ2v) is 17.5. The van der Waals surface area contributed by atoms with Crippen LogP contribution in [0.5, 0.6) is 0 Å². The highest BCUT2D eigenvalue weighted by Crippen LogP contribution is 2.46. The molecule has 1 heterocycles. The first-order valence-corrected chi connectivity index (χ1v) is 19.7. The molecule has 0 aromatic rings. The minimum atomic E-state index is -1.60. The smallest absolute Gasteiger partial charge is 0.311 e. The van der Waals surface area contributed by atoms with E-state index in [-0.39, 0.29) is 38.3 Å². The van der Waals surface area contributed by atoms with Crippen molar-refractivity contribution in [1.82, 2.24) is 4.90 Å². The van der Waals surface area contributed by atoms with Gasteiger partial charge in [0.15, 0.2) is 0 Å². The van der Waals surface area contributed by atoms with Crippen LogP contribution in [0.2, 0.25) is 0 Å². The highest BCUT2D eigenvalue weighted by Gasteiger charge is 2.50. The predicted molar refractivity (Wildman–Crippen MR) is 205 cm³/mol. The zero-order chi connectivity index (χ0) is 45.7. The summed E-state index contributed by atoms with van der Waals surface area (Å²) in [6, 6.07) is 0. The van der Waals surface area contributed by atoms with E-state index in [1.165, 1.54) is 48.5 Å². The summed E-state index contributed by atoms with van der Waals surface area (Å²) in [5.74, 6) is -13.6. The number of rotatable bonds is 27. The Kier molecular flexibility index (Phi) is 19.9. The lowest BCUT2D eigenvalue weighted by atomic mass is 9.65. The van der Waals surface area contributed by atoms with E-state index in [0.717, 1.165) is 0 Å². The first-order valence-electron chi connectivity index (χ1n) is 19.7. The summed E-state index contributed by atoms with van der Waals surface area (Å²) in [5, 5.41) is 58.7. The molecule has 0 radical (unpaired) electrons. The number of aliphatic hydroxyl groups excluding tert-OH is 3. The van der Waals surface area contributed by atoms with Gasteiger partial charge in [-0.1, -0.05) is 34.6 Å². The van der Waals surface area contributed by atoms with Crippen LogP contribution in [0.3, 0.4) is 0 Å². The summed E-state index contributed by atoms with van der Waals surface area (Å²) in [6.45, 7) is 10.9. The number of carbonyl (C=O) groups excluding carboxylic acids is 5. The number of ether oxygens (including phenoxy) is 4. The van der Waals surface area contributed by atoms with Crippen LogP contribution in [0.1, 0.15) is 101 Å². The van der Waals surface area contributed by atoms with Crippen molar-refractivity contribution in [3.63, 3.8) is 0 Å². The van der Waals surface area contributed by atoms with Crippen LogP contribution in [-0.4, -0.2) is 142 Å². The van der Waals surface area contributed by atoms with Gasteiger partial charge in [0.05, 0.1) is 53.1 Å². The van der Waals surface area contributed by atoms with Crippen molar-refractivity contribution in [3.05, 3.63) is 0 Å². The molecule has 59 heavy (non-hydrogen) atoms. The van der Waals surface area contributed by atoms with E-state index in [1.54, 1.807) is 18.7 Å². The fourth-order valence-electron chi connectivity index (χ4n) is 7.65. The van der Waals surface area contributed by atoms with Gasteiger partial charge in [-0.2, -0.15) is 0 Å². The molecule has 8 unspecified atom stereocenters. The van der Waals surface area contributed by atoms with Gasteiger partial charge >= 0.3 is 41.8 Å². The SMILES string of the molecule is CCC(C)(CC(C)(CC(C)(C)C(=O)OCC(O)COC(=O)C(C)C(CC(C)(C)C(C(=O)O)C(C)C(=O)O)C(=O)O)C(=O)OCC(O)CO)C(=O)OCCN1CCCC1=O. The summed E-state index contributed by atoms with van der Waals surface area (Å²) in [5.41, 5.74) is -5.78. The number of aliphatic carboxylic acids is 3. The Balaban J connectivity index is 3.06. The van der Waals surface area contributed by atoms with Crippen molar-refractivity contribution < 1.29 is 87.9 Å². The van der Waals surface area contributed by atoms with Crippen LogP contribution in [0.15, 0.2) is 0 Å². The van der Waals surface area contributed by atoms with Crippen molar-refractivity contribution >= 4 is 47.7 Å². The highest BCUT2D eigenvalue weighted by molar-refractivity contribution is 5.84. The van der Waals surface area contributed by atoms with Crippen LogP contribution < -0.4 is 0 Å². The fraction of sp³-hybridized carbons (Fsp3) is 0.800. The standard InChI is InChI=1S/C40H65NO18/c1-10-39(8,35(54)56-15-14-41-13-11-12-28(41)45)22-40(9,36(55)59-18-25(43)17-42)21-38(6,7)34(53)58-20-26(44)19-57-33(52)23(2)27(31(48)49)16-37(4,5)29(32(50)51)24(3)30(46)47/h23-27,29,42-44H,10-22H2,1-9H3,(H,46,47)(H,48,49)(H,50,51). The molecule has 19 nitrogen and oxygen atoms in total. The van der Waals surface area contributed by atoms with Crippen LogP contribution >= 0.6 is 0 Å². The molecule has 0 aromatic carbocycles. The molecular weight excluding hydrogens is 782 g/mol. The second kappa shape index (κ2) is 22.3. The van der Waals surface area contributed by atoms with E-state index in [4.69, 9.17) is 18.9 Å². The molecule has 1 rings (SSSR count). The molecule has 1 saturated heterocycles. The molecule has 1 fully saturated rings. The van der Waals surface area contributed by atoms with Gasteiger partial charge in [0.25, 0.3) is 0 Å². The number of hydrogen-bond donors (Lipinski definition) is 6. The lowest BCUT2D eigenvalue weighted by Crippen LogP contribution is -2.45. The van der Waals surface area contributed by atoms with Crippen LogP contribution in [0, 0.1) is 45.3 Å². The number of hydrogen-bond acceptors (Lipinski definition) is 15. The minimum absolute atomic E-state index is 0.0401. The zero-order valence-electron chi connectivity index (χ0n) is 35.7. The van der Waals surface area contributed by atoms with Gasteiger partial charge in [-0.25, -0.2) is 0 Å². The van der Waals surface area contributed by atoms with Gasteiger partial charge in [0.2, 0.25) is 5.91 Å². The number of aliphatic hydroxyl groups is 3. The number of carbonyl (C=O) groups is 8. The lowest BCUT2D eigenvalue weighted by Gasteiger charge is -2.39. The molecule has 0 spiro atoms. The zero-order valence-corrected chi connectivity index (χ0v) is 35.7. The first kappa shape index (κ1) is 52.7. The second-order valence-electron chi connectivity index (χ2n) is 17.5. The number of carboxylic acid groups (broad SMARTS) is 3. The molecule has 8 atom stereocenters. The molecule has 0 bridgehead atoms. The largest absolute Gasteiger partial charge is 0.481 e. The molecular formula is C40H65NO18. The molecule has 1 amide bonds. The Labute approximate surface area is 344 Å². The topological polar surface area (TPSA) is 298 Å². The molecule has 0 aromatic heterocycles. The monoisotopic (exact) mass is 847 g/mol. The van der Waals surface area contributed by atoms with E-state index >= 15 is 0 Å². The maximum atomic E-state index is 13.6. The van der Waals surface area contributed by atoms with Gasteiger partial charge in [0, 0.05) is 13.0 Å². The quantitative estimate of drug-likeness (QED) is 0.0508. The molecule has 6 N–H and O–H groups in total. The number of amides is 1. The van der Waals surface area contributed by atoms with Crippen molar-refractivity contribution in [2.75, 3.05) is 46.1 Å². The molecule has 1 aliphatic heterocycles. The van der Waals surface area contributed by atoms with E-state index in [2.05, 4.69) is 0 Å². The fourth-order valence-corrected chi connectivity index (χ4v) is 7.65. The lowest BCUT2D eigenvalue weighted by molar-refractivity contribution is -0.172. The average molecular weight is 848 g/mol. The minimum Gasteiger partial charge on any atom is -0.481 e. The normalized spacial score (nSPS) is 18.5. The Morgan fingerprint density at radius 1 is 0.712 bits per heavy atom. The number of likely N-dealkylation sites (tertiary alicyclic amines) is 1. The van der Waals surface area contributed by atoms with Gasteiger partial charge in [-0.05, 0) is 65.2 Å². The third kappa shape index (κ3) is 15.3. The Bertz CT molecular complexity index is 1510. The maximum Gasteiger partial charge on any atom is 0.311 e. The van der Waals surface area contributed by atoms with Crippen LogP contribution in [0.25, 0.3) is 0 Å². The van der Waals surface area contributed by atoms with Gasteiger partial charge in [-0.3, -0.25) is 38.4 Å². The molecule has 1 aliphatic rings. The predicted octanol–water partition coefficient (Wildman–Crippen LogP) is 1.90. The Hall–Kier alpha value is -4.36.